The number of halogens is 7. The highest BCUT2D eigenvalue weighted by Crippen LogP contribution is 2.36. The van der Waals surface area contributed by atoms with Crippen LogP contribution in [-0.2, 0) is 17.1 Å². The first-order valence-corrected chi connectivity index (χ1v) is 9.35. The lowest BCUT2D eigenvalue weighted by molar-refractivity contribution is -0.138. The summed E-state index contributed by atoms with van der Waals surface area (Å²) in [5.74, 6) is -0.921. The molecular weight excluding hydrogens is 546 g/mol. The number of alkyl halides is 6. The van der Waals surface area contributed by atoms with Crippen LogP contribution in [0.1, 0.15) is 29.2 Å². The van der Waals surface area contributed by atoms with Crippen LogP contribution in [0.15, 0.2) is 46.7 Å². The topological polar surface area (TPSA) is 95.8 Å². The van der Waals surface area contributed by atoms with E-state index in [9.17, 15) is 41.7 Å². The highest BCUT2D eigenvalue weighted by molar-refractivity contribution is 8.93. The van der Waals surface area contributed by atoms with Gasteiger partial charge in [-0.25, -0.2) is 0 Å². The van der Waals surface area contributed by atoms with Gasteiger partial charge < -0.3 is 0 Å². The summed E-state index contributed by atoms with van der Waals surface area (Å²) in [5.41, 5.74) is -4.19. The molecule has 1 atom stereocenters. The van der Waals surface area contributed by atoms with Crippen molar-refractivity contribution in [3.8, 4) is 12.1 Å². The summed E-state index contributed by atoms with van der Waals surface area (Å²) < 4.78 is 79.0. The van der Waals surface area contributed by atoms with Gasteiger partial charge in [0, 0.05) is 0 Å². The molecule has 0 radical (unpaired) electrons. The van der Waals surface area contributed by atoms with Crippen molar-refractivity contribution in [1.29, 1.82) is 10.5 Å². The maximum Gasteiger partial charge on any atom is 0.416 e. The monoisotopic (exact) mass is 562 g/mol. The molecule has 0 N–H and O–H groups in total. The lowest BCUT2D eigenvalue weighted by Crippen LogP contribution is -2.42. The maximum atomic E-state index is 13.3. The van der Waals surface area contributed by atoms with Crippen molar-refractivity contribution in [3.05, 3.63) is 58.7 Å². The quantitative estimate of drug-likeness (QED) is 0.252. The Hall–Kier alpha value is -3.49. The van der Waals surface area contributed by atoms with Gasteiger partial charge in [0.05, 0.1) is 34.0 Å². The summed E-state index contributed by atoms with van der Waals surface area (Å²) >= 11 is 0. The number of rotatable bonds is 5. The van der Waals surface area contributed by atoms with Crippen molar-refractivity contribution < 1.29 is 31.1 Å². The minimum absolute atomic E-state index is 0. The zero-order valence-electron chi connectivity index (χ0n) is 18.3. The van der Waals surface area contributed by atoms with Gasteiger partial charge in [-0.1, -0.05) is 5.22 Å². The number of anilines is 1. The van der Waals surface area contributed by atoms with Crippen molar-refractivity contribution in [2.24, 2.45) is 10.3 Å². The highest BCUT2D eigenvalue weighted by atomic mass is 79.9. The molecule has 0 bridgehead atoms. The fourth-order valence-electron chi connectivity index (χ4n) is 2.56. The number of carbonyl (C=O) groups excluding carboxylic acids is 1. The van der Waals surface area contributed by atoms with E-state index in [0.717, 1.165) is 12.1 Å². The molecule has 2 aromatic rings. The molecule has 7 nitrogen and oxygen atoms in total. The van der Waals surface area contributed by atoms with E-state index in [-0.39, 0.29) is 28.1 Å². The van der Waals surface area contributed by atoms with Crippen molar-refractivity contribution in [2.45, 2.75) is 25.3 Å². The van der Waals surface area contributed by atoms with Gasteiger partial charge in [-0.05, 0) is 57.4 Å². The highest BCUT2D eigenvalue weighted by Gasteiger charge is 2.34. The average Bonchev–Trinajstić information content (AvgIpc) is 2.76. The molecule has 186 valence electrons. The number of carbonyl (C=O) groups is 1. The van der Waals surface area contributed by atoms with E-state index in [0.29, 0.717) is 29.3 Å². The first-order chi connectivity index (χ1) is 15.7. The van der Waals surface area contributed by atoms with Crippen molar-refractivity contribution in [3.63, 3.8) is 0 Å². The molecule has 0 heterocycles. The lowest BCUT2D eigenvalue weighted by Gasteiger charge is -2.25. The number of nitrogens with zero attached hydrogens (tertiary/aromatic N) is 6. The summed E-state index contributed by atoms with van der Waals surface area (Å²) in [5, 5.41) is 26.1. The van der Waals surface area contributed by atoms with Crippen LogP contribution in [0.25, 0.3) is 0 Å². The van der Waals surface area contributed by atoms with E-state index in [1.165, 1.54) is 25.9 Å². The van der Waals surface area contributed by atoms with Crippen LogP contribution < -0.4 is 5.01 Å². The van der Waals surface area contributed by atoms with Crippen molar-refractivity contribution >= 4 is 34.3 Å². The Labute approximate surface area is 206 Å². The van der Waals surface area contributed by atoms with Crippen LogP contribution in [0.5, 0.6) is 0 Å². The minimum atomic E-state index is -4.82. The molecule has 0 aliphatic heterocycles. The summed E-state index contributed by atoms with van der Waals surface area (Å²) in [6.07, 6.45) is -9.60. The van der Waals surface area contributed by atoms with Gasteiger partial charge in [0.1, 0.15) is 17.8 Å². The molecule has 0 saturated carbocycles. The molecule has 0 fully saturated rings. The minimum Gasteiger partial charge on any atom is -0.298 e. The van der Waals surface area contributed by atoms with E-state index in [2.05, 4.69) is 10.3 Å². The lowest BCUT2D eigenvalue weighted by atomic mass is 10.1. The third-order valence-corrected chi connectivity index (χ3v) is 4.70. The molecule has 14 heteroatoms. The van der Waals surface area contributed by atoms with Gasteiger partial charge in [0.15, 0.2) is 0 Å². The first kappa shape index (κ1) is 29.5. The van der Waals surface area contributed by atoms with Crippen LogP contribution in [0.2, 0.25) is 0 Å². The number of benzene rings is 2. The Bertz CT molecular complexity index is 1200. The summed E-state index contributed by atoms with van der Waals surface area (Å²) in [6, 6.07) is 6.28. The average molecular weight is 563 g/mol. The Morgan fingerprint density at radius 2 is 1.40 bits per heavy atom. The fourth-order valence-corrected chi connectivity index (χ4v) is 2.56. The molecule has 2 aromatic carbocycles. The first-order valence-electron chi connectivity index (χ1n) is 9.35. The summed E-state index contributed by atoms with van der Waals surface area (Å²) in [7, 11) is 2.99. The predicted octanol–water partition coefficient (Wildman–Crippen LogP) is 6.03. The van der Waals surface area contributed by atoms with Crippen LogP contribution in [0, 0.1) is 22.7 Å². The zero-order chi connectivity index (χ0) is 25.8. The molecule has 0 spiro atoms. The summed E-state index contributed by atoms with van der Waals surface area (Å²) in [6.45, 7) is 1.40. The number of nitriles is 2. The zero-order valence-corrected chi connectivity index (χ0v) is 20.0. The molecule has 0 saturated heterocycles. The number of hydrogen-bond donors (Lipinski definition) is 0. The maximum absolute atomic E-state index is 13.3. The number of likely N-dealkylation sites (N-methyl/N-ethyl adjacent to an activating group) is 1. The van der Waals surface area contributed by atoms with E-state index >= 15 is 0 Å². The number of amides is 1. The van der Waals surface area contributed by atoms with E-state index in [1.807, 2.05) is 0 Å². The molecule has 2 rings (SSSR count). The van der Waals surface area contributed by atoms with Crippen molar-refractivity contribution in [1.82, 2.24) is 4.90 Å². The Morgan fingerprint density at radius 3 is 1.86 bits per heavy atom. The molecule has 35 heavy (non-hydrogen) atoms. The van der Waals surface area contributed by atoms with E-state index in [4.69, 9.17) is 0 Å². The van der Waals surface area contributed by atoms with Gasteiger partial charge in [0.25, 0.3) is 5.91 Å². The van der Waals surface area contributed by atoms with E-state index < -0.39 is 46.8 Å². The fraction of sp³-hybridized carbons (Fsp3) is 0.286. The molecule has 0 aliphatic carbocycles. The van der Waals surface area contributed by atoms with Gasteiger partial charge in [-0.3, -0.25) is 9.69 Å². The van der Waals surface area contributed by atoms with Crippen LogP contribution in [-0.4, -0.2) is 30.9 Å². The normalized spacial score (nSPS) is 12.6. The molecular formula is C21H17BrF6N6O. The second-order valence-electron chi connectivity index (χ2n) is 7.16. The number of hydrogen-bond acceptors (Lipinski definition) is 6. The van der Waals surface area contributed by atoms with Crippen LogP contribution in [0.3, 0.4) is 0 Å². The third kappa shape index (κ3) is 7.00. The van der Waals surface area contributed by atoms with Crippen LogP contribution >= 0.6 is 17.0 Å². The van der Waals surface area contributed by atoms with Gasteiger partial charge >= 0.3 is 12.4 Å². The van der Waals surface area contributed by atoms with Gasteiger partial charge in [0.2, 0.25) is 0 Å². The largest absolute Gasteiger partial charge is 0.416 e. The standard InChI is InChI=1S/C21H16F6N6O.BrH/c1-12(32(2)3)19(34)33(18-9-16(21(25,26)27)7-5-14(18)11-29)31-30-17-8-15(20(22,23)24)6-4-13(17)10-28;/h4-9,12H,1-3H3;1H. The second kappa shape index (κ2) is 11.3. The smallest absolute Gasteiger partial charge is 0.298 e. The van der Waals surface area contributed by atoms with Crippen molar-refractivity contribution in [2.75, 3.05) is 19.1 Å². The third-order valence-electron chi connectivity index (χ3n) is 4.70. The molecule has 1 unspecified atom stereocenters. The van der Waals surface area contributed by atoms with Gasteiger partial charge in [-0.2, -0.15) is 41.9 Å². The van der Waals surface area contributed by atoms with Gasteiger partial charge in [-0.15, -0.1) is 22.1 Å². The van der Waals surface area contributed by atoms with E-state index in [1.54, 1.807) is 12.1 Å². The SMILES string of the molecule is Br.CC(C(=O)N(N=Nc1cc(C(F)(F)F)ccc1C#N)c1cc(C(F)(F)F)ccc1C#N)N(C)C. The Morgan fingerprint density at radius 1 is 0.914 bits per heavy atom. The molecule has 0 aliphatic rings. The molecule has 0 aromatic heterocycles. The Kier molecular flexibility index (Phi) is 9.53. The Balaban J connectivity index is 0.00000612. The summed E-state index contributed by atoms with van der Waals surface area (Å²) in [4.78, 5) is 14.4. The molecule has 1 amide bonds. The second-order valence-corrected chi connectivity index (χ2v) is 7.16. The van der Waals surface area contributed by atoms with Crippen LogP contribution in [0.4, 0.5) is 37.7 Å². The predicted molar refractivity (Wildman–Crippen MR) is 118 cm³/mol.